The first kappa shape index (κ1) is 14.9. The fraction of sp³-hybridized carbons (Fsp3) is 1.00. The van der Waals surface area contributed by atoms with E-state index < -0.39 is 10.0 Å². The molecule has 2 N–H and O–H groups in total. The largest absolute Gasteiger partial charge is 0.314 e. The topological polar surface area (TPSA) is 58.2 Å². The van der Waals surface area contributed by atoms with Crippen molar-refractivity contribution in [3.05, 3.63) is 0 Å². The Morgan fingerprint density at radius 3 is 2.41 bits per heavy atom. The Balaban J connectivity index is 2.07. The number of rotatable bonds is 6. The molecular weight excluding hydrogens is 236 g/mol. The molecule has 17 heavy (non-hydrogen) atoms. The first-order valence-electron chi connectivity index (χ1n) is 6.56. The zero-order valence-corrected chi connectivity index (χ0v) is 12.0. The summed E-state index contributed by atoms with van der Waals surface area (Å²) >= 11 is 0. The molecule has 0 aromatic carbocycles. The van der Waals surface area contributed by atoms with Gasteiger partial charge in [0.2, 0.25) is 10.0 Å². The van der Waals surface area contributed by atoms with Gasteiger partial charge in [-0.05, 0) is 44.1 Å². The van der Waals surface area contributed by atoms with Crippen molar-refractivity contribution in [2.24, 2.45) is 11.8 Å². The van der Waals surface area contributed by atoms with E-state index in [2.05, 4.69) is 23.9 Å². The molecule has 0 saturated heterocycles. The van der Waals surface area contributed by atoms with Crippen molar-refractivity contribution in [1.82, 2.24) is 10.0 Å². The maximum atomic E-state index is 10.8. The maximum absolute atomic E-state index is 10.8. The molecular formula is C12H26N2O2S. The van der Waals surface area contributed by atoms with Crippen LogP contribution in [0.15, 0.2) is 0 Å². The Kier molecular flexibility index (Phi) is 5.89. The molecule has 0 bridgehead atoms. The third-order valence-corrected chi connectivity index (χ3v) is 4.48. The van der Waals surface area contributed by atoms with Crippen molar-refractivity contribution in [2.75, 3.05) is 19.3 Å². The van der Waals surface area contributed by atoms with Crippen molar-refractivity contribution < 1.29 is 8.42 Å². The van der Waals surface area contributed by atoms with Crippen LogP contribution in [0.1, 0.15) is 39.5 Å². The maximum Gasteiger partial charge on any atom is 0.208 e. The lowest BCUT2D eigenvalue weighted by atomic mass is 9.79. The van der Waals surface area contributed by atoms with E-state index in [1.807, 2.05) is 0 Å². The van der Waals surface area contributed by atoms with E-state index in [1.54, 1.807) is 0 Å². The molecule has 0 spiro atoms. The molecule has 0 radical (unpaired) electrons. The second-order valence-corrected chi connectivity index (χ2v) is 7.27. The van der Waals surface area contributed by atoms with Crippen LogP contribution in [0.4, 0.5) is 0 Å². The minimum atomic E-state index is -3.02. The van der Waals surface area contributed by atoms with Crippen LogP contribution in [-0.2, 0) is 10.0 Å². The van der Waals surface area contributed by atoms with Gasteiger partial charge in [0.05, 0.1) is 6.26 Å². The molecule has 1 rings (SSSR count). The summed E-state index contributed by atoms with van der Waals surface area (Å²) in [7, 11) is -3.02. The smallest absolute Gasteiger partial charge is 0.208 e. The molecule has 1 aliphatic rings. The molecule has 0 aromatic heterocycles. The first-order valence-corrected chi connectivity index (χ1v) is 8.45. The Hall–Kier alpha value is -0.130. The highest BCUT2D eigenvalue weighted by Crippen LogP contribution is 2.29. The Morgan fingerprint density at radius 2 is 1.82 bits per heavy atom. The van der Waals surface area contributed by atoms with Crippen LogP contribution in [0.3, 0.4) is 0 Å². The lowest BCUT2D eigenvalue weighted by Crippen LogP contribution is -2.37. The van der Waals surface area contributed by atoms with Crippen LogP contribution in [0.2, 0.25) is 0 Å². The second-order valence-electron chi connectivity index (χ2n) is 5.44. The van der Waals surface area contributed by atoms with Crippen LogP contribution in [0, 0.1) is 11.8 Å². The monoisotopic (exact) mass is 262 g/mol. The van der Waals surface area contributed by atoms with Gasteiger partial charge in [-0.15, -0.1) is 0 Å². The van der Waals surface area contributed by atoms with Crippen molar-refractivity contribution >= 4 is 10.0 Å². The summed E-state index contributed by atoms with van der Waals surface area (Å²) in [4.78, 5) is 0. The summed E-state index contributed by atoms with van der Waals surface area (Å²) in [6.07, 6.45) is 5.87. The van der Waals surface area contributed by atoms with E-state index >= 15 is 0 Å². The Bertz CT molecular complexity index is 316. The van der Waals surface area contributed by atoms with Crippen LogP contribution < -0.4 is 10.0 Å². The zero-order chi connectivity index (χ0) is 12.9. The number of nitrogens with one attached hydrogen (secondary N) is 2. The van der Waals surface area contributed by atoms with Crippen molar-refractivity contribution in [1.29, 1.82) is 0 Å². The summed E-state index contributed by atoms with van der Waals surface area (Å²) in [5.41, 5.74) is 0. The van der Waals surface area contributed by atoms with E-state index in [0.29, 0.717) is 12.6 Å². The summed E-state index contributed by atoms with van der Waals surface area (Å²) in [6.45, 7) is 6.08. The van der Waals surface area contributed by atoms with Crippen molar-refractivity contribution in [3.63, 3.8) is 0 Å². The standard InChI is InChI=1S/C12H26N2O2S/c1-10-5-6-12(9-11(10)2)13-7-4-8-14-17(3,15)16/h10-14H,4-9H2,1-3H3/t10-,11+,12+/m1/s1. The zero-order valence-electron chi connectivity index (χ0n) is 11.2. The second kappa shape index (κ2) is 6.71. The molecule has 102 valence electrons. The van der Waals surface area contributed by atoms with Gasteiger partial charge in [-0.3, -0.25) is 0 Å². The Labute approximate surface area is 106 Å². The van der Waals surface area contributed by atoms with Gasteiger partial charge in [0.25, 0.3) is 0 Å². The van der Waals surface area contributed by atoms with Crippen LogP contribution in [0.5, 0.6) is 0 Å². The van der Waals surface area contributed by atoms with Gasteiger partial charge in [0.1, 0.15) is 0 Å². The van der Waals surface area contributed by atoms with E-state index in [9.17, 15) is 8.42 Å². The summed E-state index contributed by atoms with van der Waals surface area (Å²) in [5, 5.41) is 3.52. The number of sulfonamides is 1. The Morgan fingerprint density at radius 1 is 1.12 bits per heavy atom. The number of hydrogen-bond acceptors (Lipinski definition) is 3. The molecule has 0 aliphatic heterocycles. The van der Waals surface area contributed by atoms with E-state index in [1.165, 1.54) is 25.5 Å². The van der Waals surface area contributed by atoms with Gasteiger partial charge in [-0.1, -0.05) is 13.8 Å². The quantitative estimate of drug-likeness (QED) is 0.710. The first-order chi connectivity index (χ1) is 7.88. The molecule has 4 nitrogen and oxygen atoms in total. The highest BCUT2D eigenvalue weighted by Gasteiger charge is 2.23. The molecule has 3 atom stereocenters. The summed E-state index contributed by atoms with van der Waals surface area (Å²) < 4.78 is 24.2. The van der Waals surface area contributed by atoms with Crippen molar-refractivity contribution in [3.8, 4) is 0 Å². The number of hydrogen-bond donors (Lipinski definition) is 2. The summed E-state index contributed by atoms with van der Waals surface area (Å²) in [5.74, 6) is 1.65. The third kappa shape index (κ3) is 6.38. The van der Waals surface area contributed by atoms with E-state index in [4.69, 9.17) is 0 Å². The minimum absolute atomic E-state index is 0.532. The predicted octanol–water partition coefficient (Wildman–Crippen LogP) is 1.34. The lowest BCUT2D eigenvalue weighted by molar-refractivity contribution is 0.226. The SMILES string of the molecule is C[C@@H]1CC[C@H](NCCCNS(C)(=O)=O)C[C@@H]1C. The molecule has 1 saturated carbocycles. The predicted molar refractivity (Wildman–Crippen MR) is 71.4 cm³/mol. The summed E-state index contributed by atoms with van der Waals surface area (Å²) in [6, 6.07) is 0.624. The van der Waals surface area contributed by atoms with Gasteiger partial charge < -0.3 is 5.32 Å². The molecule has 5 heteroatoms. The molecule has 0 unspecified atom stereocenters. The van der Waals surface area contributed by atoms with Gasteiger partial charge >= 0.3 is 0 Å². The minimum Gasteiger partial charge on any atom is -0.314 e. The molecule has 1 aliphatic carbocycles. The highest BCUT2D eigenvalue weighted by molar-refractivity contribution is 7.88. The van der Waals surface area contributed by atoms with Gasteiger partial charge in [0.15, 0.2) is 0 Å². The molecule has 0 heterocycles. The fourth-order valence-corrected chi connectivity index (χ4v) is 2.90. The van der Waals surface area contributed by atoms with Crippen LogP contribution in [-0.4, -0.2) is 33.8 Å². The van der Waals surface area contributed by atoms with Crippen LogP contribution in [0.25, 0.3) is 0 Å². The normalized spacial score (nSPS) is 30.4. The third-order valence-electron chi connectivity index (χ3n) is 3.75. The fourth-order valence-electron chi connectivity index (χ4n) is 2.39. The van der Waals surface area contributed by atoms with Gasteiger partial charge in [-0.25, -0.2) is 13.1 Å². The van der Waals surface area contributed by atoms with Gasteiger partial charge in [0, 0.05) is 12.6 Å². The van der Waals surface area contributed by atoms with E-state index in [-0.39, 0.29) is 0 Å². The van der Waals surface area contributed by atoms with Gasteiger partial charge in [-0.2, -0.15) is 0 Å². The average molecular weight is 262 g/mol. The van der Waals surface area contributed by atoms with E-state index in [0.717, 1.165) is 24.8 Å². The van der Waals surface area contributed by atoms with Crippen LogP contribution >= 0.6 is 0 Å². The lowest BCUT2D eigenvalue weighted by Gasteiger charge is -2.32. The van der Waals surface area contributed by atoms with Crippen molar-refractivity contribution in [2.45, 2.75) is 45.6 Å². The average Bonchev–Trinajstić information content (AvgIpc) is 2.21. The molecule has 1 fully saturated rings. The molecule has 0 aromatic rings. The highest BCUT2D eigenvalue weighted by atomic mass is 32.2. The molecule has 0 amide bonds.